The van der Waals surface area contributed by atoms with Crippen molar-refractivity contribution in [2.75, 3.05) is 0 Å². The van der Waals surface area contributed by atoms with E-state index in [9.17, 15) is 13.2 Å². The van der Waals surface area contributed by atoms with Crippen LogP contribution in [0.2, 0.25) is 0 Å². The summed E-state index contributed by atoms with van der Waals surface area (Å²) in [5, 5.41) is 0.0749. The number of hydrogen-bond donors (Lipinski definition) is 0. The van der Waals surface area contributed by atoms with Crippen LogP contribution in [-0.4, -0.2) is 0 Å². The van der Waals surface area contributed by atoms with E-state index in [2.05, 4.69) is 19.1 Å². The van der Waals surface area contributed by atoms with Crippen LogP contribution in [0.3, 0.4) is 0 Å². The van der Waals surface area contributed by atoms with Crippen LogP contribution < -0.4 is 0 Å². The molecule has 1 saturated carbocycles. The van der Waals surface area contributed by atoms with Crippen molar-refractivity contribution in [3.8, 4) is 11.1 Å². The van der Waals surface area contributed by atoms with Crippen LogP contribution in [0.5, 0.6) is 0 Å². The third-order valence-corrected chi connectivity index (χ3v) is 5.69. The molecule has 0 aromatic heterocycles. The van der Waals surface area contributed by atoms with Gasteiger partial charge in [-0.1, -0.05) is 50.1 Å². The van der Waals surface area contributed by atoms with Crippen molar-refractivity contribution < 1.29 is 13.2 Å². The van der Waals surface area contributed by atoms with Gasteiger partial charge in [-0.15, -0.1) is 0 Å². The number of halogens is 3. The van der Waals surface area contributed by atoms with Gasteiger partial charge in [0, 0.05) is 0 Å². The first-order valence-electron chi connectivity index (χ1n) is 9.20. The zero-order chi connectivity index (χ0) is 18.3. The largest absolute Gasteiger partial charge is 0.206 e. The number of benzene rings is 3. The Morgan fingerprint density at radius 1 is 0.731 bits per heavy atom. The summed E-state index contributed by atoms with van der Waals surface area (Å²) in [7, 11) is 0. The highest BCUT2D eigenvalue weighted by Crippen LogP contribution is 2.36. The van der Waals surface area contributed by atoms with Crippen molar-refractivity contribution >= 4 is 10.8 Å². The molecule has 0 atom stereocenters. The zero-order valence-electron chi connectivity index (χ0n) is 14.7. The Bertz CT molecular complexity index is 936. The van der Waals surface area contributed by atoms with E-state index in [-0.39, 0.29) is 5.39 Å². The van der Waals surface area contributed by atoms with Crippen LogP contribution in [0.4, 0.5) is 13.2 Å². The van der Waals surface area contributed by atoms with Crippen molar-refractivity contribution in [2.45, 2.75) is 38.5 Å². The topological polar surface area (TPSA) is 0 Å². The van der Waals surface area contributed by atoms with Gasteiger partial charge in [-0.3, -0.25) is 0 Å². The maximum absolute atomic E-state index is 14.4. The molecule has 4 rings (SSSR count). The van der Waals surface area contributed by atoms with E-state index in [1.54, 1.807) is 6.07 Å². The molecular formula is C23H21F3. The lowest BCUT2D eigenvalue weighted by Gasteiger charge is -2.26. The average Bonchev–Trinajstić information content (AvgIpc) is 2.65. The Balaban J connectivity index is 1.66. The second-order valence-electron chi connectivity index (χ2n) is 7.50. The third kappa shape index (κ3) is 3.11. The molecular weight excluding hydrogens is 333 g/mol. The van der Waals surface area contributed by atoms with Crippen LogP contribution in [0.25, 0.3) is 21.9 Å². The van der Waals surface area contributed by atoms with Crippen LogP contribution in [0, 0.1) is 23.4 Å². The fraction of sp³-hybridized carbons (Fsp3) is 0.304. The maximum atomic E-state index is 14.4. The minimum atomic E-state index is -1.13. The van der Waals surface area contributed by atoms with Gasteiger partial charge in [-0.2, -0.15) is 0 Å². The third-order valence-electron chi connectivity index (χ3n) is 5.69. The summed E-state index contributed by atoms with van der Waals surface area (Å²) >= 11 is 0. The first kappa shape index (κ1) is 17.1. The van der Waals surface area contributed by atoms with Gasteiger partial charge >= 0.3 is 0 Å². The first-order valence-corrected chi connectivity index (χ1v) is 9.20. The highest BCUT2D eigenvalue weighted by molar-refractivity contribution is 5.88. The number of hydrogen-bond acceptors (Lipinski definition) is 0. The van der Waals surface area contributed by atoms with E-state index in [0.29, 0.717) is 16.9 Å². The second kappa shape index (κ2) is 6.79. The molecule has 3 aromatic rings. The summed E-state index contributed by atoms with van der Waals surface area (Å²) in [4.78, 5) is 0. The van der Waals surface area contributed by atoms with Crippen molar-refractivity contribution in [3.05, 3.63) is 71.5 Å². The fourth-order valence-electron chi connectivity index (χ4n) is 4.05. The SMILES string of the molecule is CC1CCC(c2ccc(-c3cc(F)c4c(F)c(F)ccc4c3)cc2)CC1. The lowest BCUT2D eigenvalue weighted by atomic mass is 9.79. The average molecular weight is 354 g/mol. The lowest BCUT2D eigenvalue weighted by Crippen LogP contribution is -2.10. The monoisotopic (exact) mass is 354 g/mol. The Labute approximate surface area is 151 Å². The molecule has 0 amide bonds. The molecule has 0 saturated heterocycles. The molecule has 3 aromatic carbocycles. The predicted molar refractivity (Wildman–Crippen MR) is 99.6 cm³/mol. The summed E-state index contributed by atoms with van der Waals surface area (Å²) in [6.45, 7) is 2.31. The summed E-state index contributed by atoms with van der Waals surface area (Å²) in [6.07, 6.45) is 4.97. The van der Waals surface area contributed by atoms with E-state index >= 15 is 0 Å². The van der Waals surface area contributed by atoms with Crippen molar-refractivity contribution in [1.82, 2.24) is 0 Å². The second-order valence-corrected chi connectivity index (χ2v) is 7.50. The molecule has 1 aliphatic carbocycles. The van der Waals surface area contributed by atoms with Crippen molar-refractivity contribution in [3.63, 3.8) is 0 Å². The summed E-state index contributed by atoms with van der Waals surface area (Å²) < 4.78 is 41.6. The van der Waals surface area contributed by atoms with Gasteiger partial charge in [0.1, 0.15) is 5.82 Å². The van der Waals surface area contributed by atoms with Crippen LogP contribution in [0.1, 0.15) is 44.1 Å². The summed E-state index contributed by atoms with van der Waals surface area (Å²) in [5.41, 5.74) is 2.88. The smallest absolute Gasteiger partial charge is 0.169 e. The van der Waals surface area contributed by atoms with E-state index in [1.165, 1.54) is 43.4 Å². The first-order chi connectivity index (χ1) is 12.5. The maximum Gasteiger partial charge on any atom is 0.169 e. The van der Waals surface area contributed by atoms with Crippen molar-refractivity contribution in [1.29, 1.82) is 0 Å². The Morgan fingerprint density at radius 3 is 2.12 bits per heavy atom. The van der Waals surface area contributed by atoms with Crippen LogP contribution in [-0.2, 0) is 0 Å². The molecule has 1 fully saturated rings. The molecule has 0 spiro atoms. The van der Waals surface area contributed by atoms with Gasteiger partial charge in [0.15, 0.2) is 11.6 Å². The Hall–Kier alpha value is -2.29. The van der Waals surface area contributed by atoms with Crippen LogP contribution >= 0.6 is 0 Å². The highest BCUT2D eigenvalue weighted by Gasteiger charge is 2.20. The molecule has 1 aliphatic rings. The lowest BCUT2D eigenvalue weighted by molar-refractivity contribution is 0.348. The Kier molecular flexibility index (Phi) is 4.47. The van der Waals surface area contributed by atoms with Gasteiger partial charge in [0.25, 0.3) is 0 Å². The van der Waals surface area contributed by atoms with Gasteiger partial charge in [0.05, 0.1) is 5.39 Å². The molecule has 26 heavy (non-hydrogen) atoms. The van der Waals surface area contributed by atoms with Gasteiger partial charge in [-0.05, 0) is 65.0 Å². The summed E-state index contributed by atoms with van der Waals surface area (Å²) in [6, 6.07) is 13.7. The van der Waals surface area contributed by atoms with E-state index in [1.807, 2.05) is 12.1 Å². The minimum Gasteiger partial charge on any atom is -0.206 e. The molecule has 134 valence electrons. The van der Waals surface area contributed by atoms with Gasteiger partial charge in [-0.25, -0.2) is 13.2 Å². The van der Waals surface area contributed by atoms with Crippen LogP contribution in [0.15, 0.2) is 48.5 Å². The van der Waals surface area contributed by atoms with Gasteiger partial charge < -0.3 is 0 Å². The molecule has 0 heterocycles. The number of fused-ring (bicyclic) bond motifs is 1. The Morgan fingerprint density at radius 2 is 1.42 bits per heavy atom. The normalized spacial score (nSPS) is 20.5. The molecule has 0 nitrogen and oxygen atoms in total. The fourth-order valence-corrected chi connectivity index (χ4v) is 4.05. The molecule has 0 unspecified atom stereocenters. The highest BCUT2D eigenvalue weighted by atomic mass is 19.2. The predicted octanol–water partition coefficient (Wildman–Crippen LogP) is 7.22. The number of rotatable bonds is 2. The molecule has 0 N–H and O–H groups in total. The summed E-state index contributed by atoms with van der Waals surface area (Å²) in [5.74, 6) is -1.48. The van der Waals surface area contributed by atoms with E-state index in [0.717, 1.165) is 17.5 Å². The molecule has 3 heteroatoms. The standard InChI is InChI=1S/C23H21F3/c1-14-2-4-15(5-3-14)16-6-8-17(9-7-16)19-12-18-10-11-20(24)23(26)22(18)21(25)13-19/h6-15H,2-5H2,1H3. The molecule has 0 bridgehead atoms. The van der Waals surface area contributed by atoms with Crippen molar-refractivity contribution in [2.24, 2.45) is 5.92 Å². The van der Waals surface area contributed by atoms with E-state index in [4.69, 9.17) is 0 Å². The molecule has 0 aliphatic heterocycles. The zero-order valence-corrected chi connectivity index (χ0v) is 14.7. The van der Waals surface area contributed by atoms with Gasteiger partial charge in [0.2, 0.25) is 0 Å². The molecule has 0 radical (unpaired) electrons. The van der Waals surface area contributed by atoms with E-state index < -0.39 is 17.5 Å². The minimum absolute atomic E-state index is 0.290. The quantitative estimate of drug-likeness (QED) is 0.456.